The van der Waals surface area contributed by atoms with Gasteiger partial charge >= 0.3 is 0 Å². The first-order chi connectivity index (χ1) is 16.5. The molecule has 0 spiro atoms. The van der Waals surface area contributed by atoms with Gasteiger partial charge in [-0.25, -0.2) is 9.97 Å². The minimum Gasteiger partial charge on any atom is -0.483 e. The number of thiophene rings is 1. The van der Waals surface area contributed by atoms with Gasteiger partial charge < -0.3 is 15.0 Å². The van der Waals surface area contributed by atoms with E-state index >= 15 is 0 Å². The van der Waals surface area contributed by atoms with Crippen molar-refractivity contribution in [3.05, 3.63) is 69.3 Å². The van der Waals surface area contributed by atoms with E-state index < -0.39 is 0 Å². The van der Waals surface area contributed by atoms with Crippen LogP contribution >= 0.6 is 22.9 Å². The summed E-state index contributed by atoms with van der Waals surface area (Å²) in [5, 5.41) is 5.90. The van der Waals surface area contributed by atoms with Crippen molar-refractivity contribution in [3.8, 4) is 5.75 Å². The fourth-order valence-electron chi connectivity index (χ4n) is 4.39. The van der Waals surface area contributed by atoms with Crippen LogP contribution in [0.4, 0.5) is 5.82 Å². The maximum Gasteiger partial charge on any atom is 0.168 e. The standard InChI is InChI=1S/C26H31ClN4O2S/c1-28-11-9-24(25-4-3-13-34-25)33-23-8-6-19(15-21(23)27)14-18-5-7-22(32)20-16-29-17-30-26(20)31(2)12-10-18/h3-4,6,8,13,15-18,24,28H,5,7,9-12,14H2,1-2H3/t18?,24-/m0/s1. The number of Topliss-reactive ketones (excluding diaryl/α,β-unsaturated/α-hetero) is 1. The molecule has 1 unspecified atom stereocenters. The predicted molar refractivity (Wildman–Crippen MR) is 138 cm³/mol. The van der Waals surface area contributed by atoms with Crippen molar-refractivity contribution in [2.24, 2.45) is 5.92 Å². The second-order valence-corrected chi connectivity index (χ2v) is 10.2. The smallest absolute Gasteiger partial charge is 0.168 e. The Labute approximate surface area is 210 Å². The van der Waals surface area contributed by atoms with Gasteiger partial charge in [-0.05, 0) is 67.9 Å². The summed E-state index contributed by atoms with van der Waals surface area (Å²) in [4.78, 5) is 24.4. The van der Waals surface area contributed by atoms with Crippen molar-refractivity contribution < 1.29 is 9.53 Å². The minimum absolute atomic E-state index is 0.0311. The molecule has 8 heteroatoms. The maximum atomic E-state index is 12.8. The van der Waals surface area contributed by atoms with Gasteiger partial charge in [-0.2, -0.15) is 0 Å². The van der Waals surface area contributed by atoms with Gasteiger partial charge in [0.2, 0.25) is 0 Å². The number of ether oxygens (including phenoxy) is 1. The topological polar surface area (TPSA) is 67.3 Å². The van der Waals surface area contributed by atoms with E-state index in [4.69, 9.17) is 16.3 Å². The Balaban J connectivity index is 1.43. The number of halogens is 1. The van der Waals surface area contributed by atoms with E-state index in [1.54, 1.807) is 17.5 Å². The third-order valence-electron chi connectivity index (χ3n) is 6.31. The van der Waals surface area contributed by atoms with Crippen molar-refractivity contribution >= 4 is 34.5 Å². The van der Waals surface area contributed by atoms with Crippen molar-refractivity contribution in [2.75, 3.05) is 32.1 Å². The molecule has 0 saturated carbocycles. The SMILES string of the molecule is CNCC[C@H](Oc1ccc(CC2CCC(=O)c3cncnc3N(C)CC2)cc1Cl)c1cccs1. The van der Waals surface area contributed by atoms with Crippen LogP contribution < -0.4 is 15.0 Å². The molecule has 4 rings (SSSR count). The van der Waals surface area contributed by atoms with Gasteiger partial charge in [0, 0.05) is 37.5 Å². The van der Waals surface area contributed by atoms with Crippen LogP contribution in [0.2, 0.25) is 5.02 Å². The largest absolute Gasteiger partial charge is 0.483 e. The Morgan fingerprint density at radius 3 is 2.97 bits per heavy atom. The van der Waals surface area contributed by atoms with E-state index in [1.807, 2.05) is 32.3 Å². The second-order valence-electron chi connectivity index (χ2n) is 8.78. The number of carbonyl (C=O) groups is 1. The first kappa shape index (κ1) is 24.6. The Bertz CT molecular complexity index is 1090. The number of benzene rings is 1. The number of hydrogen-bond donors (Lipinski definition) is 1. The van der Waals surface area contributed by atoms with Gasteiger partial charge in [0.25, 0.3) is 0 Å². The summed E-state index contributed by atoms with van der Waals surface area (Å²) in [7, 11) is 3.94. The Morgan fingerprint density at radius 2 is 2.21 bits per heavy atom. The van der Waals surface area contributed by atoms with Crippen molar-refractivity contribution in [1.82, 2.24) is 15.3 Å². The van der Waals surface area contributed by atoms with Gasteiger partial charge in [-0.1, -0.05) is 23.7 Å². The number of ketones is 1. The summed E-state index contributed by atoms with van der Waals surface area (Å²) < 4.78 is 6.33. The van der Waals surface area contributed by atoms with E-state index in [-0.39, 0.29) is 11.9 Å². The van der Waals surface area contributed by atoms with Crippen LogP contribution in [0, 0.1) is 5.92 Å². The Morgan fingerprint density at radius 1 is 1.32 bits per heavy atom. The molecular formula is C26H31ClN4O2S. The first-order valence-electron chi connectivity index (χ1n) is 11.7. The second kappa shape index (κ2) is 11.8. The van der Waals surface area contributed by atoms with E-state index in [1.165, 1.54) is 11.2 Å². The molecule has 6 nitrogen and oxygen atoms in total. The van der Waals surface area contributed by atoms with Gasteiger partial charge in [-0.15, -0.1) is 11.3 Å². The minimum atomic E-state index is -0.0311. The van der Waals surface area contributed by atoms with Crippen molar-refractivity contribution in [2.45, 2.75) is 38.2 Å². The third kappa shape index (κ3) is 6.14. The summed E-state index contributed by atoms with van der Waals surface area (Å²) in [6.07, 6.45) is 7.17. The lowest BCUT2D eigenvalue weighted by atomic mass is 9.90. The van der Waals surface area contributed by atoms with Crippen LogP contribution in [0.3, 0.4) is 0 Å². The highest BCUT2D eigenvalue weighted by molar-refractivity contribution is 7.10. The maximum absolute atomic E-state index is 12.8. The third-order valence-corrected chi connectivity index (χ3v) is 7.57. The van der Waals surface area contributed by atoms with E-state index in [0.29, 0.717) is 28.7 Å². The lowest BCUT2D eigenvalue weighted by Gasteiger charge is -2.22. The molecule has 0 saturated heterocycles. The molecular weight excluding hydrogens is 468 g/mol. The molecule has 1 aromatic carbocycles. The predicted octanol–water partition coefficient (Wildman–Crippen LogP) is 5.58. The molecule has 0 fully saturated rings. The highest BCUT2D eigenvalue weighted by atomic mass is 35.5. The normalized spacial score (nSPS) is 17.4. The molecule has 1 aliphatic rings. The van der Waals surface area contributed by atoms with Crippen LogP contribution in [-0.4, -0.2) is 42.9 Å². The zero-order valence-corrected chi connectivity index (χ0v) is 21.2. The molecule has 0 radical (unpaired) electrons. The van der Waals surface area contributed by atoms with Crippen LogP contribution in [-0.2, 0) is 6.42 Å². The zero-order valence-electron chi connectivity index (χ0n) is 19.7. The summed E-state index contributed by atoms with van der Waals surface area (Å²) >= 11 is 8.36. The molecule has 180 valence electrons. The number of nitrogens with zero attached hydrogens (tertiary/aromatic N) is 3. The molecule has 1 N–H and O–H groups in total. The lowest BCUT2D eigenvalue weighted by molar-refractivity contribution is 0.0974. The summed E-state index contributed by atoms with van der Waals surface area (Å²) in [6, 6.07) is 10.2. The molecule has 1 aliphatic heterocycles. The summed E-state index contributed by atoms with van der Waals surface area (Å²) in [5.74, 6) is 1.92. The summed E-state index contributed by atoms with van der Waals surface area (Å²) in [6.45, 7) is 1.70. The molecule has 3 heterocycles. The highest BCUT2D eigenvalue weighted by Crippen LogP contribution is 2.34. The molecule has 2 aromatic heterocycles. The van der Waals surface area contributed by atoms with Crippen molar-refractivity contribution in [3.63, 3.8) is 0 Å². The molecule has 0 bridgehead atoms. The molecule has 0 aliphatic carbocycles. The van der Waals surface area contributed by atoms with E-state index in [2.05, 4.69) is 37.7 Å². The quantitative estimate of drug-likeness (QED) is 0.437. The van der Waals surface area contributed by atoms with E-state index in [9.17, 15) is 4.79 Å². The van der Waals surface area contributed by atoms with Crippen LogP contribution in [0.25, 0.3) is 0 Å². The molecule has 0 amide bonds. The van der Waals surface area contributed by atoms with Gasteiger partial charge in [-0.3, -0.25) is 4.79 Å². The highest BCUT2D eigenvalue weighted by Gasteiger charge is 2.22. The zero-order chi connectivity index (χ0) is 23.9. The number of fused-ring (bicyclic) bond motifs is 1. The molecule has 34 heavy (non-hydrogen) atoms. The summed E-state index contributed by atoms with van der Waals surface area (Å²) in [5.41, 5.74) is 1.78. The lowest BCUT2D eigenvalue weighted by Crippen LogP contribution is -2.23. The average Bonchev–Trinajstić information content (AvgIpc) is 3.39. The number of hydrogen-bond acceptors (Lipinski definition) is 7. The fraction of sp³-hybridized carbons (Fsp3) is 0.423. The Kier molecular flexibility index (Phi) is 8.53. The average molecular weight is 499 g/mol. The van der Waals surface area contributed by atoms with Crippen LogP contribution in [0.5, 0.6) is 5.75 Å². The van der Waals surface area contributed by atoms with Crippen molar-refractivity contribution in [1.29, 1.82) is 0 Å². The number of rotatable bonds is 8. The van der Waals surface area contributed by atoms with Gasteiger partial charge in [0.1, 0.15) is 24.0 Å². The monoisotopic (exact) mass is 498 g/mol. The van der Waals surface area contributed by atoms with Crippen LogP contribution in [0.15, 0.2) is 48.2 Å². The number of carbonyl (C=O) groups excluding carboxylic acids is 1. The van der Waals surface area contributed by atoms with E-state index in [0.717, 1.165) is 50.2 Å². The molecule has 3 aromatic rings. The van der Waals surface area contributed by atoms with Gasteiger partial charge in [0.15, 0.2) is 5.78 Å². The molecule has 2 atom stereocenters. The number of aromatic nitrogens is 2. The van der Waals surface area contributed by atoms with Crippen LogP contribution in [0.1, 0.15) is 52.6 Å². The fourth-order valence-corrected chi connectivity index (χ4v) is 5.42. The Hall–Kier alpha value is -2.48. The number of anilines is 1. The van der Waals surface area contributed by atoms with Gasteiger partial charge in [0.05, 0.1) is 10.6 Å². The number of nitrogens with one attached hydrogen (secondary N) is 1. The first-order valence-corrected chi connectivity index (χ1v) is 13.0.